The van der Waals surface area contributed by atoms with Crippen molar-refractivity contribution in [2.45, 2.75) is 31.5 Å². The van der Waals surface area contributed by atoms with Gasteiger partial charge in [-0.2, -0.15) is 4.31 Å². The number of benzene rings is 2. The van der Waals surface area contributed by atoms with Gasteiger partial charge in [0.05, 0.1) is 16.5 Å². The Labute approximate surface area is 174 Å². The number of thiazole rings is 1. The second-order valence-corrected chi connectivity index (χ2v) is 10.7. The Bertz CT molecular complexity index is 1080. The van der Waals surface area contributed by atoms with Gasteiger partial charge in [-0.25, -0.2) is 13.4 Å². The molecule has 1 aromatic heterocycles. The van der Waals surface area contributed by atoms with E-state index in [0.29, 0.717) is 5.19 Å². The van der Waals surface area contributed by atoms with Gasteiger partial charge in [0.25, 0.3) is 5.19 Å². The van der Waals surface area contributed by atoms with Crippen LogP contribution >= 0.6 is 11.3 Å². The molecule has 0 spiro atoms. The third kappa shape index (κ3) is 3.90. The van der Waals surface area contributed by atoms with E-state index in [1.165, 1.54) is 23.2 Å². The first-order valence-corrected chi connectivity index (χ1v) is 12.5. The van der Waals surface area contributed by atoms with Crippen molar-refractivity contribution in [2.75, 3.05) is 19.3 Å². The fourth-order valence-electron chi connectivity index (χ4n) is 4.54. The number of sulfonamides is 1. The Hall–Kier alpha value is -2.00. The lowest BCUT2D eigenvalue weighted by atomic mass is 10.1. The standard InChI is InChI=1S/C21H23N3O3S2/c1-29(25,26)24-16-8-9-17(24)14-23(13-16)12-15-6-10-18(11-7-15)27-21-22-19-4-2-3-5-20(19)28-21/h2-7,10-11,16-17H,8-9,12-14H2,1H3/t16-,17+. The number of hydrogen-bond donors (Lipinski definition) is 0. The molecule has 2 aliphatic rings. The minimum absolute atomic E-state index is 0.116. The second kappa shape index (κ2) is 7.36. The van der Waals surface area contributed by atoms with Crippen molar-refractivity contribution >= 4 is 31.6 Å². The number of hydrogen-bond acceptors (Lipinski definition) is 6. The highest BCUT2D eigenvalue weighted by molar-refractivity contribution is 7.88. The van der Waals surface area contributed by atoms with Gasteiger partial charge in [0.15, 0.2) is 0 Å². The highest BCUT2D eigenvalue weighted by Crippen LogP contribution is 2.34. The molecule has 5 rings (SSSR count). The van der Waals surface area contributed by atoms with Crippen LogP contribution in [-0.2, 0) is 16.6 Å². The quantitative estimate of drug-likeness (QED) is 0.619. The van der Waals surface area contributed by atoms with Crippen LogP contribution in [0.25, 0.3) is 10.2 Å². The zero-order valence-electron chi connectivity index (χ0n) is 16.2. The molecular weight excluding hydrogens is 406 g/mol. The van der Waals surface area contributed by atoms with E-state index in [4.69, 9.17) is 4.74 Å². The molecule has 0 N–H and O–H groups in total. The number of para-hydroxylation sites is 1. The molecule has 2 aliphatic heterocycles. The van der Waals surface area contributed by atoms with Crippen LogP contribution in [-0.4, -0.2) is 54.0 Å². The van der Waals surface area contributed by atoms with Gasteiger partial charge < -0.3 is 4.74 Å². The van der Waals surface area contributed by atoms with Crippen molar-refractivity contribution in [1.29, 1.82) is 0 Å². The maximum Gasteiger partial charge on any atom is 0.279 e. The maximum atomic E-state index is 12.0. The largest absolute Gasteiger partial charge is 0.431 e. The van der Waals surface area contributed by atoms with Crippen LogP contribution in [0.3, 0.4) is 0 Å². The van der Waals surface area contributed by atoms with Gasteiger partial charge in [0, 0.05) is 31.7 Å². The fraction of sp³-hybridized carbons (Fsp3) is 0.381. The summed E-state index contributed by atoms with van der Waals surface area (Å²) in [6, 6.07) is 16.3. The summed E-state index contributed by atoms with van der Waals surface area (Å²) in [4.78, 5) is 6.88. The molecule has 3 aromatic rings. The lowest BCUT2D eigenvalue weighted by molar-refractivity contribution is 0.124. The average Bonchev–Trinajstić information content (AvgIpc) is 3.21. The van der Waals surface area contributed by atoms with Crippen LogP contribution in [0.1, 0.15) is 18.4 Å². The van der Waals surface area contributed by atoms with E-state index >= 15 is 0 Å². The zero-order chi connectivity index (χ0) is 20.0. The van der Waals surface area contributed by atoms with Crippen LogP contribution in [0.4, 0.5) is 0 Å². The fourth-order valence-corrected chi connectivity index (χ4v) is 6.80. The van der Waals surface area contributed by atoms with Crippen LogP contribution in [0.15, 0.2) is 48.5 Å². The number of nitrogens with zero attached hydrogens (tertiary/aromatic N) is 3. The Kier molecular flexibility index (Phi) is 4.82. The van der Waals surface area contributed by atoms with Crippen molar-refractivity contribution in [3.05, 3.63) is 54.1 Å². The van der Waals surface area contributed by atoms with Gasteiger partial charge in [-0.05, 0) is 42.7 Å². The number of fused-ring (bicyclic) bond motifs is 3. The minimum atomic E-state index is -3.12. The van der Waals surface area contributed by atoms with Crippen LogP contribution in [0.5, 0.6) is 10.9 Å². The molecular formula is C21H23N3O3S2. The van der Waals surface area contributed by atoms with E-state index in [2.05, 4.69) is 22.0 Å². The summed E-state index contributed by atoms with van der Waals surface area (Å²) in [5, 5.41) is 0.646. The number of piperazine rings is 1. The molecule has 0 aliphatic carbocycles. The van der Waals surface area contributed by atoms with Gasteiger partial charge in [-0.1, -0.05) is 35.6 Å². The molecule has 2 bridgehead atoms. The highest BCUT2D eigenvalue weighted by Gasteiger charge is 2.44. The number of aromatic nitrogens is 1. The van der Waals surface area contributed by atoms with E-state index in [1.807, 2.05) is 36.4 Å². The molecule has 0 unspecified atom stereocenters. The Morgan fingerprint density at radius 3 is 2.41 bits per heavy atom. The Morgan fingerprint density at radius 1 is 1.07 bits per heavy atom. The molecule has 0 radical (unpaired) electrons. The Balaban J connectivity index is 1.23. The molecule has 0 saturated carbocycles. The topological polar surface area (TPSA) is 62.7 Å². The van der Waals surface area contributed by atoms with Gasteiger partial charge in [-0.3, -0.25) is 4.90 Å². The van der Waals surface area contributed by atoms with Crippen LogP contribution < -0.4 is 4.74 Å². The maximum absolute atomic E-state index is 12.0. The molecule has 152 valence electrons. The molecule has 6 nitrogen and oxygen atoms in total. The molecule has 3 heterocycles. The predicted octanol–water partition coefficient (Wildman–Crippen LogP) is 3.70. The first-order valence-electron chi connectivity index (χ1n) is 9.79. The summed E-state index contributed by atoms with van der Waals surface area (Å²) in [6.45, 7) is 2.42. The van der Waals surface area contributed by atoms with E-state index in [1.54, 1.807) is 4.31 Å². The van der Waals surface area contributed by atoms with Crippen molar-refractivity contribution < 1.29 is 13.2 Å². The van der Waals surface area contributed by atoms with E-state index in [-0.39, 0.29) is 12.1 Å². The van der Waals surface area contributed by atoms with Crippen molar-refractivity contribution in [3.63, 3.8) is 0 Å². The van der Waals surface area contributed by atoms with Crippen molar-refractivity contribution in [1.82, 2.24) is 14.2 Å². The third-order valence-electron chi connectivity index (χ3n) is 5.68. The molecule has 0 amide bonds. The summed E-state index contributed by atoms with van der Waals surface area (Å²) in [6.07, 6.45) is 3.25. The lowest BCUT2D eigenvalue weighted by Crippen LogP contribution is -2.54. The molecule has 29 heavy (non-hydrogen) atoms. The molecule has 2 fully saturated rings. The highest BCUT2D eigenvalue weighted by atomic mass is 32.2. The average molecular weight is 430 g/mol. The number of rotatable bonds is 5. The molecule has 2 aromatic carbocycles. The van der Waals surface area contributed by atoms with Gasteiger partial charge >= 0.3 is 0 Å². The van der Waals surface area contributed by atoms with E-state index < -0.39 is 10.0 Å². The van der Waals surface area contributed by atoms with Gasteiger partial charge in [0.2, 0.25) is 10.0 Å². The smallest absolute Gasteiger partial charge is 0.279 e. The first kappa shape index (κ1) is 19.0. The summed E-state index contributed by atoms with van der Waals surface area (Å²) < 4.78 is 32.9. The summed E-state index contributed by atoms with van der Waals surface area (Å²) in [5.74, 6) is 0.773. The molecule has 2 saturated heterocycles. The van der Waals surface area contributed by atoms with Crippen LogP contribution in [0.2, 0.25) is 0 Å². The summed E-state index contributed by atoms with van der Waals surface area (Å²) >= 11 is 1.54. The number of ether oxygens (including phenoxy) is 1. The molecule has 2 atom stereocenters. The van der Waals surface area contributed by atoms with Gasteiger partial charge in [0.1, 0.15) is 5.75 Å². The lowest BCUT2D eigenvalue weighted by Gasteiger charge is -2.39. The second-order valence-electron chi connectivity index (χ2n) is 7.87. The monoisotopic (exact) mass is 429 g/mol. The summed E-state index contributed by atoms with van der Waals surface area (Å²) in [7, 11) is -3.12. The van der Waals surface area contributed by atoms with Crippen molar-refractivity contribution in [2.24, 2.45) is 0 Å². The minimum Gasteiger partial charge on any atom is -0.431 e. The molecule has 8 heteroatoms. The van der Waals surface area contributed by atoms with E-state index in [9.17, 15) is 8.42 Å². The summed E-state index contributed by atoms with van der Waals surface area (Å²) in [5.41, 5.74) is 2.15. The predicted molar refractivity (Wildman–Crippen MR) is 115 cm³/mol. The number of likely N-dealkylation sites (tertiary alicyclic amines) is 1. The normalized spacial score (nSPS) is 22.9. The Morgan fingerprint density at radius 2 is 1.76 bits per heavy atom. The van der Waals surface area contributed by atoms with Crippen molar-refractivity contribution in [3.8, 4) is 10.9 Å². The third-order valence-corrected chi connectivity index (χ3v) is 7.96. The first-order chi connectivity index (χ1) is 14.0. The van der Waals surface area contributed by atoms with Crippen LogP contribution in [0, 0.1) is 0 Å². The zero-order valence-corrected chi connectivity index (χ0v) is 17.8. The van der Waals surface area contributed by atoms with Gasteiger partial charge in [-0.15, -0.1) is 0 Å². The SMILES string of the molecule is CS(=O)(=O)N1[C@@H]2CC[C@H]1CN(Cc1ccc(Oc3nc4ccccc4s3)cc1)C2. The van der Waals surface area contributed by atoms with E-state index in [0.717, 1.165) is 48.4 Å².